The van der Waals surface area contributed by atoms with E-state index in [2.05, 4.69) is 10.5 Å². The summed E-state index contributed by atoms with van der Waals surface area (Å²) in [5.74, 6) is -2.49. The molecule has 4 amide bonds. The van der Waals surface area contributed by atoms with Gasteiger partial charge in [0.1, 0.15) is 18.8 Å². The third-order valence-corrected chi connectivity index (χ3v) is 2.13. The van der Waals surface area contributed by atoms with Crippen LogP contribution in [0, 0.1) is 0 Å². The Morgan fingerprint density at radius 3 is 2.11 bits per heavy atom. The van der Waals surface area contributed by atoms with Gasteiger partial charge in [-0.2, -0.15) is 5.10 Å². The van der Waals surface area contributed by atoms with Crippen LogP contribution in [0.25, 0.3) is 0 Å². The van der Waals surface area contributed by atoms with Crippen LogP contribution in [0.5, 0.6) is 0 Å². The summed E-state index contributed by atoms with van der Waals surface area (Å²) in [4.78, 5) is 45.3. The molecule has 0 saturated carbocycles. The van der Waals surface area contributed by atoms with Gasteiger partial charge in [0, 0.05) is 12.8 Å². The number of hydrogen-bond acceptors (Lipinski definition) is 5. The Morgan fingerprint density at radius 2 is 1.72 bits per heavy atom. The summed E-state index contributed by atoms with van der Waals surface area (Å²) in [6.07, 6.45) is 0.254. The van der Waals surface area contributed by atoms with E-state index in [0.717, 1.165) is 4.90 Å². The first-order chi connectivity index (χ1) is 8.40. The minimum Gasteiger partial charge on any atom is -0.368 e. The maximum absolute atomic E-state index is 11.9. The number of carbonyl (C=O) groups excluding carboxylic acids is 4. The molecule has 0 aliphatic carbocycles. The molecule has 0 spiro atoms. The van der Waals surface area contributed by atoms with E-state index in [9.17, 15) is 19.2 Å². The fourth-order valence-corrected chi connectivity index (χ4v) is 1.39. The third-order valence-electron chi connectivity index (χ3n) is 2.13. The predicted octanol–water partition coefficient (Wildman–Crippen LogP) is -2.95. The highest BCUT2D eigenvalue weighted by molar-refractivity contribution is 6.39. The van der Waals surface area contributed by atoms with Gasteiger partial charge in [-0.25, -0.2) is 5.43 Å². The Hall–Kier alpha value is -2.45. The number of carbonyl (C=O) groups is 4. The van der Waals surface area contributed by atoms with E-state index in [1.165, 1.54) is 0 Å². The van der Waals surface area contributed by atoms with Crippen molar-refractivity contribution < 1.29 is 19.2 Å². The number of primary amides is 2. The van der Waals surface area contributed by atoms with Crippen molar-refractivity contribution in [1.82, 2.24) is 10.3 Å². The lowest BCUT2D eigenvalue weighted by Crippen LogP contribution is -2.47. The first-order valence-electron chi connectivity index (χ1n) is 5.11. The molecule has 0 fully saturated rings. The van der Waals surface area contributed by atoms with Crippen LogP contribution in [-0.2, 0) is 19.2 Å². The average molecular weight is 255 g/mol. The minimum atomic E-state index is -0.773. The normalized spacial score (nSPS) is 14.4. The summed E-state index contributed by atoms with van der Waals surface area (Å²) in [5, 5.41) is 3.57. The van der Waals surface area contributed by atoms with Gasteiger partial charge in [0.25, 0.3) is 5.91 Å². The molecule has 18 heavy (non-hydrogen) atoms. The van der Waals surface area contributed by atoms with Gasteiger partial charge in [-0.15, -0.1) is 0 Å². The highest BCUT2D eigenvalue weighted by Gasteiger charge is 2.25. The molecule has 0 aromatic carbocycles. The number of nitrogens with zero attached hydrogens (tertiary/aromatic N) is 2. The quantitative estimate of drug-likeness (QED) is 0.481. The highest BCUT2D eigenvalue weighted by atomic mass is 16.2. The monoisotopic (exact) mass is 255 g/mol. The van der Waals surface area contributed by atoms with Gasteiger partial charge in [-0.3, -0.25) is 19.2 Å². The standard InChI is InChI=1S/C9H13N5O4/c10-6(15)3-14(4-7(11)16)9(18)5-1-2-8(17)13-12-5/h1-4H2,(H2,10,15)(H2,11,16)(H,13,17). The van der Waals surface area contributed by atoms with Crippen molar-refractivity contribution >= 4 is 29.3 Å². The molecule has 0 atom stereocenters. The Kier molecular flexibility index (Phi) is 4.35. The molecule has 0 bridgehead atoms. The Labute approximate surface area is 102 Å². The number of rotatable bonds is 5. The first kappa shape index (κ1) is 13.6. The summed E-state index contributed by atoms with van der Waals surface area (Å²) in [7, 11) is 0. The van der Waals surface area contributed by atoms with Crippen molar-refractivity contribution in [3.8, 4) is 0 Å². The lowest BCUT2D eigenvalue weighted by atomic mass is 10.1. The second kappa shape index (κ2) is 5.75. The fraction of sp³-hybridized carbons (Fsp3) is 0.444. The van der Waals surface area contributed by atoms with E-state index < -0.39 is 30.8 Å². The maximum Gasteiger partial charge on any atom is 0.271 e. The van der Waals surface area contributed by atoms with Crippen LogP contribution in [0.4, 0.5) is 0 Å². The molecule has 0 aromatic heterocycles. The summed E-state index contributed by atoms with van der Waals surface area (Å²) in [6, 6.07) is 0. The molecule has 9 nitrogen and oxygen atoms in total. The van der Waals surface area contributed by atoms with Crippen LogP contribution in [-0.4, -0.2) is 47.3 Å². The Balaban J connectivity index is 2.78. The van der Waals surface area contributed by atoms with E-state index >= 15 is 0 Å². The zero-order chi connectivity index (χ0) is 13.7. The SMILES string of the molecule is NC(=O)CN(CC(N)=O)C(=O)C1=NNC(=O)CC1. The van der Waals surface area contributed by atoms with Crippen molar-refractivity contribution in [1.29, 1.82) is 0 Å². The van der Waals surface area contributed by atoms with Crippen molar-refractivity contribution in [2.24, 2.45) is 16.6 Å². The summed E-state index contributed by atoms with van der Waals surface area (Å²) < 4.78 is 0. The lowest BCUT2D eigenvalue weighted by molar-refractivity contribution is -0.133. The van der Waals surface area contributed by atoms with E-state index in [-0.39, 0.29) is 24.5 Å². The zero-order valence-corrected chi connectivity index (χ0v) is 9.51. The van der Waals surface area contributed by atoms with Crippen LogP contribution >= 0.6 is 0 Å². The molecule has 5 N–H and O–H groups in total. The fourth-order valence-electron chi connectivity index (χ4n) is 1.39. The molecule has 1 aliphatic rings. The molecule has 0 radical (unpaired) electrons. The molecule has 0 aromatic rings. The number of amides is 4. The second-order valence-electron chi connectivity index (χ2n) is 3.69. The zero-order valence-electron chi connectivity index (χ0n) is 9.51. The van der Waals surface area contributed by atoms with Gasteiger partial charge in [-0.1, -0.05) is 0 Å². The van der Waals surface area contributed by atoms with Gasteiger partial charge in [0.15, 0.2) is 0 Å². The molecule has 98 valence electrons. The van der Waals surface area contributed by atoms with Crippen LogP contribution < -0.4 is 16.9 Å². The van der Waals surface area contributed by atoms with Crippen LogP contribution in [0.2, 0.25) is 0 Å². The number of nitrogens with two attached hydrogens (primary N) is 2. The molecule has 0 saturated heterocycles. The number of hydrazone groups is 1. The van der Waals surface area contributed by atoms with E-state index in [0.29, 0.717) is 0 Å². The largest absolute Gasteiger partial charge is 0.368 e. The van der Waals surface area contributed by atoms with Gasteiger partial charge < -0.3 is 16.4 Å². The van der Waals surface area contributed by atoms with E-state index in [1.807, 2.05) is 0 Å². The van der Waals surface area contributed by atoms with Crippen molar-refractivity contribution in [3.05, 3.63) is 0 Å². The van der Waals surface area contributed by atoms with E-state index in [1.54, 1.807) is 0 Å². The van der Waals surface area contributed by atoms with Crippen LogP contribution in [0.15, 0.2) is 5.10 Å². The number of nitrogens with one attached hydrogen (secondary N) is 1. The molecular weight excluding hydrogens is 242 g/mol. The average Bonchev–Trinajstić information content (AvgIpc) is 2.27. The molecule has 1 aliphatic heterocycles. The van der Waals surface area contributed by atoms with Crippen molar-refractivity contribution in [3.63, 3.8) is 0 Å². The summed E-state index contributed by atoms with van der Waals surface area (Å²) in [6.45, 7) is -0.872. The topological polar surface area (TPSA) is 148 Å². The van der Waals surface area contributed by atoms with Gasteiger partial charge in [0.05, 0.1) is 0 Å². The molecule has 9 heteroatoms. The molecule has 1 heterocycles. The molecule has 1 rings (SSSR count). The first-order valence-corrected chi connectivity index (χ1v) is 5.11. The highest BCUT2D eigenvalue weighted by Crippen LogP contribution is 2.03. The third kappa shape index (κ3) is 3.85. The predicted molar refractivity (Wildman–Crippen MR) is 59.8 cm³/mol. The Bertz CT molecular complexity index is 415. The van der Waals surface area contributed by atoms with Crippen molar-refractivity contribution in [2.45, 2.75) is 12.8 Å². The summed E-state index contributed by atoms with van der Waals surface area (Å²) in [5.41, 5.74) is 12.1. The molecule has 0 unspecified atom stereocenters. The molecular formula is C9H13N5O4. The summed E-state index contributed by atoms with van der Waals surface area (Å²) >= 11 is 0. The Morgan fingerprint density at radius 1 is 1.17 bits per heavy atom. The number of hydrogen-bond donors (Lipinski definition) is 3. The minimum absolute atomic E-state index is 0.0529. The lowest BCUT2D eigenvalue weighted by Gasteiger charge is -2.21. The second-order valence-corrected chi connectivity index (χ2v) is 3.69. The van der Waals surface area contributed by atoms with Gasteiger partial charge >= 0.3 is 0 Å². The van der Waals surface area contributed by atoms with Gasteiger partial charge in [-0.05, 0) is 0 Å². The van der Waals surface area contributed by atoms with Crippen LogP contribution in [0.3, 0.4) is 0 Å². The maximum atomic E-state index is 11.9. The van der Waals surface area contributed by atoms with Crippen LogP contribution in [0.1, 0.15) is 12.8 Å². The van der Waals surface area contributed by atoms with Crippen molar-refractivity contribution in [2.75, 3.05) is 13.1 Å². The smallest absolute Gasteiger partial charge is 0.271 e. The van der Waals surface area contributed by atoms with E-state index in [4.69, 9.17) is 11.5 Å². The van der Waals surface area contributed by atoms with Gasteiger partial charge in [0.2, 0.25) is 17.7 Å².